The van der Waals surface area contributed by atoms with Crippen molar-refractivity contribution in [2.24, 2.45) is 40.4 Å². The first-order valence-corrected chi connectivity index (χ1v) is 17.1. The van der Waals surface area contributed by atoms with E-state index >= 15 is 0 Å². The average Bonchev–Trinajstić information content (AvgIpc) is 3.18. The van der Waals surface area contributed by atoms with Crippen molar-refractivity contribution in [2.45, 2.75) is 144 Å². The van der Waals surface area contributed by atoms with Gasteiger partial charge in [0.15, 0.2) is 5.78 Å². The van der Waals surface area contributed by atoms with Gasteiger partial charge in [0, 0.05) is 30.8 Å². The predicted molar refractivity (Wildman–Crippen MR) is 178 cm³/mol. The normalized spacial score (nSPS) is 36.1. The lowest BCUT2D eigenvalue weighted by Gasteiger charge is -2.54. The Morgan fingerprint density at radius 3 is 2.36 bits per heavy atom. The number of Topliss-reactive ketones (excluding diaryl/α,β-unsaturated/α-hetero) is 1. The highest BCUT2D eigenvalue weighted by molar-refractivity contribution is 5.95. The Kier molecular flexibility index (Phi) is 12.0. The van der Waals surface area contributed by atoms with Crippen LogP contribution in [0.25, 0.3) is 0 Å². The zero-order valence-corrected chi connectivity index (χ0v) is 28.7. The maximum absolute atomic E-state index is 11.7. The van der Waals surface area contributed by atoms with Gasteiger partial charge in [0.1, 0.15) is 6.10 Å². The molecule has 7 unspecified atom stereocenters. The Labute approximate surface area is 259 Å². The Hall–Kier alpha value is -1.61. The zero-order chi connectivity index (χ0) is 31.3. The molecule has 0 spiro atoms. The topological polar surface area (TPSA) is 35.5 Å². The summed E-state index contributed by atoms with van der Waals surface area (Å²) in [5, 5.41) is 0. The van der Waals surface area contributed by atoms with Crippen LogP contribution in [0.3, 0.4) is 0 Å². The van der Waals surface area contributed by atoms with Gasteiger partial charge in [-0.1, -0.05) is 78.8 Å². The number of ketones is 1. The van der Waals surface area contributed by atoms with Crippen LogP contribution in [-0.4, -0.2) is 24.1 Å². The molecule has 0 radical (unpaired) electrons. The molecule has 5 aliphatic rings. The molecule has 3 saturated carbocycles. The molecule has 42 heavy (non-hydrogen) atoms. The summed E-state index contributed by atoms with van der Waals surface area (Å²) in [6.45, 7) is 31.1. The first-order chi connectivity index (χ1) is 19.6. The third-order valence-electron chi connectivity index (χ3n) is 11.4. The molecule has 3 heteroatoms. The lowest BCUT2D eigenvalue weighted by Crippen LogP contribution is -2.50. The van der Waals surface area contributed by atoms with E-state index in [1.54, 1.807) is 0 Å². The predicted octanol–water partition coefficient (Wildman–Crippen LogP) is 10.8. The van der Waals surface area contributed by atoms with Crippen molar-refractivity contribution in [3.63, 3.8) is 0 Å². The average molecular weight is 581 g/mol. The van der Waals surface area contributed by atoms with Gasteiger partial charge in [-0.2, -0.15) is 0 Å². The summed E-state index contributed by atoms with van der Waals surface area (Å²) in [4.78, 5) is 11.7. The van der Waals surface area contributed by atoms with E-state index in [1.165, 1.54) is 56.9 Å². The maximum atomic E-state index is 11.7. The van der Waals surface area contributed by atoms with E-state index < -0.39 is 0 Å². The third kappa shape index (κ3) is 8.52. The van der Waals surface area contributed by atoms with E-state index in [0.29, 0.717) is 41.0 Å². The van der Waals surface area contributed by atoms with Crippen LogP contribution in [0.5, 0.6) is 0 Å². The molecule has 238 valence electrons. The maximum Gasteiger partial charge on any atom is 0.158 e. The van der Waals surface area contributed by atoms with Gasteiger partial charge in [-0.15, -0.1) is 6.58 Å². The van der Waals surface area contributed by atoms with Gasteiger partial charge in [-0.25, -0.2) is 0 Å². The number of hydrogen-bond donors (Lipinski definition) is 0. The molecular formula is C39H64O3. The van der Waals surface area contributed by atoms with Crippen LogP contribution < -0.4 is 0 Å². The van der Waals surface area contributed by atoms with Crippen LogP contribution in [0.15, 0.2) is 48.8 Å². The number of rotatable bonds is 6. The molecule has 2 bridgehead atoms. The zero-order valence-electron chi connectivity index (χ0n) is 28.7. The van der Waals surface area contributed by atoms with Crippen LogP contribution in [0, 0.1) is 40.4 Å². The molecular weight excluding hydrogens is 516 g/mol. The number of carbonyl (C=O) groups excluding carboxylic acids is 1. The fraction of sp³-hybridized carbons (Fsp3) is 0.769. The summed E-state index contributed by atoms with van der Waals surface area (Å²) in [5.41, 5.74) is 3.36. The fourth-order valence-corrected chi connectivity index (χ4v) is 8.52. The smallest absolute Gasteiger partial charge is 0.158 e. The molecule has 0 N–H and O–H groups in total. The SMILES string of the molecule is C=C1C2CCC(C)(OCC)C1CCC2(C)C.C=C1OC2CC(C)CCC2C1C.C=CCCC(=O)C1=CCCC(C)(C)C1. The van der Waals surface area contributed by atoms with E-state index in [0.717, 1.165) is 55.0 Å². The van der Waals surface area contributed by atoms with Gasteiger partial charge in [0.2, 0.25) is 0 Å². The molecule has 1 aliphatic heterocycles. The molecule has 0 aromatic rings. The van der Waals surface area contributed by atoms with Crippen LogP contribution in [0.1, 0.15) is 132 Å². The van der Waals surface area contributed by atoms with Gasteiger partial charge in [-0.05, 0) is 106 Å². The van der Waals surface area contributed by atoms with Crippen LogP contribution in [-0.2, 0) is 14.3 Å². The number of allylic oxidation sites excluding steroid dienone is 4. The molecule has 0 amide bonds. The van der Waals surface area contributed by atoms with Crippen molar-refractivity contribution < 1.29 is 14.3 Å². The molecule has 1 saturated heterocycles. The van der Waals surface area contributed by atoms with E-state index in [2.05, 4.69) is 81.2 Å². The van der Waals surface area contributed by atoms with Crippen molar-refractivity contribution in [2.75, 3.05) is 6.61 Å². The van der Waals surface area contributed by atoms with E-state index in [9.17, 15) is 4.79 Å². The van der Waals surface area contributed by atoms with Gasteiger partial charge in [0.05, 0.1) is 11.4 Å². The summed E-state index contributed by atoms with van der Waals surface area (Å²) in [5.74, 6) is 4.89. The first-order valence-electron chi connectivity index (χ1n) is 17.1. The molecule has 1 heterocycles. The number of hydrogen-bond acceptors (Lipinski definition) is 3. The summed E-state index contributed by atoms with van der Waals surface area (Å²) in [6, 6.07) is 0. The summed E-state index contributed by atoms with van der Waals surface area (Å²) < 4.78 is 11.8. The monoisotopic (exact) mass is 580 g/mol. The highest BCUT2D eigenvalue weighted by Gasteiger charge is 2.50. The molecule has 0 aromatic carbocycles. The molecule has 3 nitrogen and oxygen atoms in total. The number of ether oxygens (including phenoxy) is 2. The number of fused-ring (bicyclic) bond motifs is 3. The summed E-state index contributed by atoms with van der Waals surface area (Å²) in [6.07, 6.45) is 18.1. The fourth-order valence-electron chi connectivity index (χ4n) is 8.52. The third-order valence-corrected chi connectivity index (χ3v) is 11.4. The lowest BCUT2D eigenvalue weighted by atomic mass is 9.54. The van der Waals surface area contributed by atoms with Crippen molar-refractivity contribution in [1.29, 1.82) is 0 Å². The van der Waals surface area contributed by atoms with Crippen LogP contribution >= 0.6 is 0 Å². The second-order valence-electron chi connectivity index (χ2n) is 15.8. The van der Waals surface area contributed by atoms with Crippen LogP contribution in [0.2, 0.25) is 0 Å². The van der Waals surface area contributed by atoms with Crippen molar-refractivity contribution in [3.8, 4) is 0 Å². The lowest BCUT2D eigenvalue weighted by molar-refractivity contribution is -0.116. The van der Waals surface area contributed by atoms with E-state index in [4.69, 9.17) is 9.47 Å². The Morgan fingerprint density at radius 1 is 1.02 bits per heavy atom. The van der Waals surface area contributed by atoms with Gasteiger partial charge in [-0.3, -0.25) is 4.79 Å². The Bertz CT molecular complexity index is 999. The minimum atomic E-state index is 0.0683. The van der Waals surface area contributed by atoms with Gasteiger partial charge < -0.3 is 9.47 Å². The minimum absolute atomic E-state index is 0.0683. The van der Waals surface area contributed by atoms with Crippen LogP contribution in [0.4, 0.5) is 0 Å². The summed E-state index contributed by atoms with van der Waals surface area (Å²) in [7, 11) is 0. The van der Waals surface area contributed by atoms with E-state index in [-0.39, 0.29) is 5.60 Å². The first kappa shape index (κ1) is 34.9. The highest BCUT2D eigenvalue weighted by atomic mass is 16.5. The second-order valence-corrected chi connectivity index (χ2v) is 15.8. The van der Waals surface area contributed by atoms with Gasteiger partial charge in [0.25, 0.3) is 0 Å². The summed E-state index contributed by atoms with van der Waals surface area (Å²) >= 11 is 0. The molecule has 4 aliphatic carbocycles. The molecule has 0 aromatic heterocycles. The van der Waals surface area contributed by atoms with Crippen molar-refractivity contribution in [3.05, 3.63) is 48.8 Å². The highest BCUT2D eigenvalue weighted by Crippen LogP contribution is 2.56. The van der Waals surface area contributed by atoms with Crippen molar-refractivity contribution in [1.82, 2.24) is 0 Å². The molecule has 4 fully saturated rings. The largest absolute Gasteiger partial charge is 0.495 e. The molecule has 5 rings (SSSR count). The second kappa shape index (κ2) is 14.4. The van der Waals surface area contributed by atoms with E-state index in [1.807, 2.05) is 6.08 Å². The van der Waals surface area contributed by atoms with Gasteiger partial charge >= 0.3 is 0 Å². The Balaban J connectivity index is 0.000000175. The number of carbonyl (C=O) groups is 1. The Morgan fingerprint density at radius 2 is 1.71 bits per heavy atom. The quantitative estimate of drug-likeness (QED) is 0.293. The standard InChI is InChI=1S/C15H26O.C13H20O.C11H18O/c1-6-16-15(5)10-8-12-11(2)13(15)7-9-14(12,3)4;1-4-5-8-12(14)11-7-6-9-13(2,3)10-11;1-7-4-5-10-8(2)9(3)12-11(10)6-7/h12-13H,2,6-10H2,1,3-5H3;4,7H,1,5-6,8-10H2,2-3H3;7-8,10-11H,3-6H2,1-2H3. The van der Waals surface area contributed by atoms with Crippen molar-refractivity contribution >= 4 is 5.78 Å². The minimum Gasteiger partial charge on any atom is -0.495 e. The molecule has 7 atom stereocenters.